The number of hydrogen-bond donors (Lipinski definition) is 1. The lowest BCUT2D eigenvalue weighted by molar-refractivity contribution is 0.380. The summed E-state index contributed by atoms with van der Waals surface area (Å²) in [4.78, 5) is 4.16. The van der Waals surface area contributed by atoms with E-state index < -0.39 is 9.84 Å². The topological polar surface area (TPSA) is 68.3 Å². The number of sulfone groups is 1. The zero-order valence-corrected chi connectivity index (χ0v) is 12.5. The Hall–Kier alpha value is -1.14. The van der Waals surface area contributed by atoms with E-state index in [1.54, 1.807) is 13.3 Å². The van der Waals surface area contributed by atoms with Gasteiger partial charge in [0.15, 0.2) is 0 Å². The summed E-state index contributed by atoms with van der Waals surface area (Å²) in [6, 6.07) is 3.69. The molecule has 5 nitrogen and oxygen atoms in total. The Labute approximate surface area is 115 Å². The molecule has 0 aromatic carbocycles. The molecule has 0 aliphatic heterocycles. The summed E-state index contributed by atoms with van der Waals surface area (Å²) in [5.41, 5.74) is 0.905. The zero-order chi connectivity index (χ0) is 14.3. The van der Waals surface area contributed by atoms with Crippen molar-refractivity contribution >= 4 is 9.84 Å². The standard InChI is InChI=1S/C13H22N2O3S/c1-4-8-14-12(7-10-19(3,16)17)11-6-5-9-15-13(11)18-2/h5-6,9,12,14H,4,7-8,10H2,1-3H3. The summed E-state index contributed by atoms with van der Waals surface area (Å²) in [6.07, 6.45) is 4.42. The van der Waals surface area contributed by atoms with Gasteiger partial charge in [-0.2, -0.15) is 0 Å². The highest BCUT2D eigenvalue weighted by atomic mass is 32.2. The highest BCUT2D eigenvalue weighted by molar-refractivity contribution is 7.90. The van der Waals surface area contributed by atoms with Crippen molar-refractivity contribution in [2.24, 2.45) is 0 Å². The molecule has 19 heavy (non-hydrogen) atoms. The van der Waals surface area contributed by atoms with Gasteiger partial charge in [0, 0.05) is 24.1 Å². The molecule has 1 atom stereocenters. The first-order valence-electron chi connectivity index (χ1n) is 6.38. The van der Waals surface area contributed by atoms with Gasteiger partial charge in [-0.15, -0.1) is 0 Å². The van der Waals surface area contributed by atoms with Gasteiger partial charge in [0.25, 0.3) is 0 Å². The molecule has 0 saturated carbocycles. The lowest BCUT2D eigenvalue weighted by Gasteiger charge is -2.20. The van der Waals surface area contributed by atoms with Gasteiger partial charge in [0.1, 0.15) is 9.84 Å². The van der Waals surface area contributed by atoms with Crippen molar-refractivity contribution in [3.63, 3.8) is 0 Å². The van der Waals surface area contributed by atoms with Gasteiger partial charge < -0.3 is 10.1 Å². The maximum atomic E-state index is 11.3. The Morgan fingerprint density at radius 1 is 1.47 bits per heavy atom. The Morgan fingerprint density at radius 2 is 2.21 bits per heavy atom. The molecule has 1 N–H and O–H groups in total. The number of methoxy groups -OCH3 is 1. The summed E-state index contributed by atoms with van der Waals surface area (Å²) < 4.78 is 27.9. The molecule has 0 spiro atoms. The van der Waals surface area contributed by atoms with E-state index in [4.69, 9.17) is 4.74 Å². The van der Waals surface area contributed by atoms with Crippen molar-refractivity contribution in [3.05, 3.63) is 23.9 Å². The average Bonchev–Trinajstić information content (AvgIpc) is 2.38. The molecule has 0 radical (unpaired) electrons. The fourth-order valence-electron chi connectivity index (χ4n) is 1.86. The lowest BCUT2D eigenvalue weighted by Crippen LogP contribution is -2.25. The number of rotatable bonds is 8. The third-order valence-corrected chi connectivity index (χ3v) is 3.76. The van der Waals surface area contributed by atoms with Crippen LogP contribution in [0, 0.1) is 0 Å². The van der Waals surface area contributed by atoms with Crippen LogP contribution in [-0.2, 0) is 9.84 Å². The van der Waals surface area contributed by atoms with E-state index in [-0.39, 0.29) is 11.8 Å². The molecule has 1 aromatic rings. The normalized spacial score (nSPS) is 13.2. The second kappa shape index (κ2) is 7.45. The van der Waals surface area contributed by atoms with Crippen molar-refractivity contribution in [1.82, 2.24) is 10.3 Å². The summed E-state index contributed by atoms with van der Waals surface area (Å²) in [7, 11) is -1.40. The number of pyridine rings is 1. The van der Waals surface area contributed by atoms with Gasteiger partial charge in [0.2, 0.25) is 5.88 Å². The van der Waals surface area contributed by atoms with Gasteiger partial charge >= 0.3 is 0 Å². The molecule has 1 rings (SSSR count). The fraction of sp³-hybridized carbons (Fsp3) is 0.615. The molecular formula is C13H22N2O3S. The summed E-state index contributed by atoms with van der Waals surface area (Å²) in [5, 5.41) is 3.35. The van der Waals surface area contributed by atoms with Crippen LogP contribution in [0.15, 0.2) is 18.3 Å². The number of nitrogens with zero attached hydrogens (tertiary/aromatic N) is 1. The molecule has 0 saturated heterocycles. The van der Waals surface area contributed by atoms with Crippen molar-refractivity contribution in [2.75, 3.05) is 25.7 Å². The molecular weight excluding hydrogens is 264 g/mol. The average molecular weight is 286 g/mol. The van der Waals surface area contributed by atoms with E-state index in [1.807, 2.05) is 12.1 Å². The largest absolute Gasteiger partial charge is 0.481 e. The summed E-state index contributed by atoms with van der Waals surface area (Å²) in [5.74, 6) is 0.691. The first-order chi connectivity index (χ1) is 8.98. The van der Waals surface area contributed by atoms with Crippen LogP contribution in [0.5, 0.6) is 5.88 Å². The molecule has 0 amide bonds. The van der Waals surface area contributed by atoms with Gasteiger partial charge in [-0.3, -0.25) is 0 Å². The number of hydrogen-bond acceptors (Lipinski definition) is 5. The van der Waals surface area contributed by atoms with Crippen molar-refractivity contribution in [1.29, 1.82) is 0 Å². The first kappa shape index (κ1) is 15.9. The summed E-state index contributed by atoms with van der Waals surface area (Å²) >= 11 is 0. The monoisotopic (exact) mass is 286 g/mol. The predicted octanol–water partition coefficient (Wildman–Crippen LogP) is 1.57. The Kier molecular flexibility index (Phi) is 6.24. The predicted molar refractivity (Wildman–Crippen MR) is 76.2 cm³/mol. The molecule has 6 heteroatoms. The van der Waals surface area contributed by atoms with E-state index in [2.05, 4.69) is 17.2 Å². The van der Waals surface area contributed by atoms with Crippen molar-refractivity contribution in [2.45, 2.75) is 25.8 Å². The number of nitrogens with one attached hydrogen (secondary N) is 1. The zero-order valence-electron chi connectivity index (χ0n) is 11.7. The van der Waals surface area contributed by atoms with Gasteiger partial charge in [-0.25, -0.2) is 13.4 Å². The first-order valence-corrected chi connectivity index (χ1v) is 8.44. The lowest BCUT2D eigenvalue weighted by atomic mass is 10.1. The molecule has 1 unspecified atom stereocenters. The van der Waals surface area contributed by atoms with Crippen LogP contribution in [0.1, 0.15) is 31.4 Å². The van der Waals surface area contributed by atoms with E-state index in [1.165, 1.54) is 6.26 Å². The molecule has 0 aliphatic carbocycles. The second-order valence-corrected chi connectivity index (χ2v) is 6.79. The van der Waals surface area contributed by atoms with E-state index in [0.29, 0.717) is 12.3 Å². The van der Waals surface area contributed by atoms with Crippen LogP contribution < -0.4 is 10.1 Å². The maximum absolute atomic E-state index is 11.3. The van der Waals surface area contributed by atoms with Crippen LogP contribution in [0.25, 0.3) is 0 Å². The van der Waals surface area contributed by atoms with Crippen LogP contribution in [0.2, 0.25) is 0 Å². The van der Waals surface area contributed by atoms with Gasteiger partial charge in [-0.1, -0.05) is 13.0 Å². The van der Waals surface area contributed by atoms with Crippen molar-refractivity contribution in [3.8, 4) is 5.88 Å². The molecule has 0 bridgehead atoms. The van der Waals surface area contributed by atoms with Crippen LogP contribution in [0.4, 0.5) is 0 Å². The number of ether oxygens (including phenoxy) is 1. The SMILES string of the molecule is CCCNC(CCS(C)(=O)=O)c1cccnc1OC. The Bertz CT molecular complexity index is 488. The third kappa shape index (κ3) is 5.57. The third-order valence-electron chi connectivity index (χ3n) is 2.79. The van der Waals surface area contributed by atoms with E-state index >= 15 is 0 Å². The molecule has 1 heterocycles. The smallest absolute Gasteiger partial charge is 0.217 e. The minimum absolute atomic E-state index is 0.0571. The van der Waals surface area contributed by atoms with Gasteiger partial charge in [-0.05, 0) is 25.5 Å². The highest BCUT2D eigenvalue weighted by Gasteiger charge is 2.18. The quantitative estimate of drug-likeness (QED) is 0.785. The van der Waals surface area contributed by atoms with Crippen molar-refractivity contribution < 1.29 is 13.2 Å². The maximum Gasteiger partial charge on any atom is 0.217 e. The Morgan fingerprint density at radius 3 is 2.79 bits per heavy atom. The fourth-order valence-corrected chi connectivity index (χ4v) is 2.52. The van der Waals surface area contributed by atoms with Crippen LogP contribution >= 0.6 is 0 Å². The summed E-state index contributed by atoms with van der Waals surface area (Å²) in [6.45, 7) is 2.90. The second-order valence-electron chi connectivity index (χ2n) is 4.53. The minimum Gasteiger partial charge on any atom is -0.481 e. The molecule has 108 valence electrons. The molecule has 0 aliphatic rings. The number of aromatic nitrogens is 1. The minimum atomic E-state index is -2.97. The van der Waals surface area contributed by atoms with Gasteiger partial charge in [0.05, 0.1) is 12.9 Å². The van der Waals surface area contributed by atoms with Crippen LogP contribution in [-0.4, -0.2) is 39.1 Å². The molecule has 0 fully saturated rings. The highest BCUT2D eigenvalue weighted by Crippen LogP contribution is 2.25. The Balaban J connectivity index is 2.88. The van der Waals surface area contributed by atoms with E-state index in [0.717, 1.165) is 18.5 Å². The molecule has 1 aromatic heterocycles. The van der Waals surface area contributed by atoms with E-state index in [9.17, 15) is 8.42 Å². The van der Waals surface area contributed by atoms with Crippen LogP contribution in [0.3, 0.4) is 0 Å².